The van der Waals surface area contributed by atoms with Crippen molar-refractivity contribution in [1.82, 2.24) is 15.6 Å². The molecule has 1 heterocycles. The van der Waals surface area contributed by atoms with Crippen LogP contribution >= 0.6 is 0 Å². The Bertz CT molecular complexity index is 881. The van der Waals surface area contributed by atoms with Crippen LogP contribution in [-0.4, -0.2) is 43.5 Å². The number of hydrogen-bond donors (Lipinski definition) is 2. The van der Waals surface area contributed by atoms with Gasteiger partial charge in [-0.3, -0.25) is 9.59 Å². The van der Waals surface area contributed by atoms with E-state index in [4.69, 9.17) is 10.8 Å². The van der Waals surface area contributed by atoms with Crippen LogP contribution in [0.25, 0.3) is 11.1 Å². The molecule has 2 N–H and O–H groups in total. The Kier molecular flexibility index (Phi) is 4.85. The molecule has 2 aromatic rings. The minimum atomic E-state index is -0.261. The summed E-state index contributed by atoms with van der Waals surface area (Å²) in [5.41, 5.74) is 1.50. The number of rotatable bonds is 6. The van der Waals surface area contributed by atoms with Crippen molar-refractivity contribution < 1.29 is 14.0 Å². The number of benzene rings is 1. The maximum absolute atomic E-state index is 12.5. The lowest BCUT2D eigenvalue weighted by atomic mass is 10.1. The number of carbonyl (C=O) groups excluding carboxylic acids is 2. The van der Waals surface area contributed by atoms with Gasteiger partial charge in [0.05, 0.1) is 11.5 Å². The third-order valence-electron chi connectivity index (χ3n) is 4.33. The first-order valence-corrected chi connectivity index (χ1v) is 8.52. The molecule has 1 unspecified atom stereocenters. The van der Waals surface area contributed by atoms with Gasteiger partial charge in [-0.05, 0) is 25.5 Å². The van der Waals surface area contributed by atoms with Crippen LogP contribution in [0.2, 0.25) is 0 Å². The Balaban J connectivity index is 1.61. The second kappa shape index (κ2) is 7.08. The van der Waals surface area contributed by atoms with Crippen LogP contribution in [0.3, 0.4) is 0 Å². The first kappa shape index (κ1) is 17.8. The van der Waals surface area contributed by atoms with E-state index in [0.717, 1.165) is 6.42 Å². The number of nitrogens with one attached hydrogen (secondary N) is 2. The molecule has 3 atom stereocenters. The molecule has 1 aliphatic carbocycles. The SMILES string of the molecule is C#C[C@H]1C[C@H]1C(=O)NC(C)CNC(=O)c1cccc2oc(N(C)C)nc12. The van der Waals surface area contributed by atoms with E-state index in [0.29, 0.717) is 29.2 Å². The van der Waals surface area contributed by atoms with Crippen molar-refractivity contribution in [2.24, 2.45) is 11.8 Å². The number of oxazole rings is 1. The summed E-state index contributed by atoms with van der Waals surface area (Å²) in [5, 5.41) is 5.71. The fraction of sp³-hybridized carbons (Fsp3) is 0.421. The minimum absolute atomic E-state index is 0.0486. The van der Waals surface area contributed by atoms with Crippen LogP contribution in [0.4, 0.5) is 6.01 Å². The molecule has 0 spiro atoms. The second-order valence-electron chi connectivity index (χ2n) is 6.78. The number of para-hydroxylation sites is 1. The van der Waals surface area contributed by atoms with Crippen LogP contribution in [0.15, 0.2) is 22.6 Å². The fourth-order valence-corrected chi connectivity index (χ4v) is 2.72. The summed E-state index contributed by atoms with van der Waals surface area (Å²) < 4.78 is 5.61. The number of carbonyl (C=O) groups is 2. The number of anilines is 1. The second-order valence-corrected chi connectivity index (χ2v) is 6.78. The molecular formula is C19H22N4O3. The molecule has 7 heteroatoms. The van der Waals surface area contributed by atoms with Gasteiger partial charge in [0.2, 0.25) is 5.91 Å². The average Bonchev–Trinajstić information content (AvgIpc) is 3.28. The summed E-state index contributed by atoms with van der Waals surface area (Å²) in [5.74, 6) is 2.24. The van der Waals surface area contributed by atoms with Gasteiger partial charge in [-0.25, -0.2) is 0 Å². The van der Waals surface area contributed by atoms with Gasteiger partial charge in [-0.2, -0.15) is 4.98 Å². The van der Waals surface area contributed by atoms with E-state index in [1.165, 1.54) is 0 Å². The highest BCUT2D eigenvalue weighted by atomic mass is 16.4. The highest BCUT2D eigenvalue weighted by Gasteiger charge is 2.41. The van der Waals surface area contributed by atoms with E-state index in [1.54, 1.807) is 23.1 Å². The van der Waals surface area contributed by atoms with Crippen LogP contribution in [0, 0.1) is 24.2 Å². The molecule has 1 saturated carbocycles. The van der Waals surface area contributed by atoms with Crippen LogP contribution in [-0.2, 0) is 4.79 Å². The molecule has 1 aromatic heterocycles. The Morgan fingerprint density at radius 2 is 2.23 bits per heavy atom. The summed E-state index contributed by atoms with van der Waals surface area (Å²) in [4.78, 5) is 30.6. The lowest BCUT2D eigenvalue weighted by Gasteiger charge is -2.14. The van der Waals surface area contributed by atoms with Crippen molar-refractivity contribution in [3.8, 4) is 12.3 Å². The fourth-order valence-electron chi connectivity index (χ4n) is 2.72. The van der Waals surface area contributed by atoms with E-state index in [1.807, 2.05) is 21.0 Å². The number of hydrogen-bond acceptors (Lipinski definition) is 5. The summed E-state index contributed by atoms with van der Waals surface area (Å²) in [6, 6.07) is 5.46. The molecule has 0 radical (unpaired) electrons. The largest absolute Gasteiger partial charge is 0.423 e. The predicted molar refractivity (Wildman–Crippen MR) is 98.7 cm³/mol. The summed E-state index contributed by atoms with van der Waals surface area (Å²) in [6.07, 6.45) is 6.06. The zero-order valence-electron chi connectivity index (χ0n) is 15.1. The Morgan fingerprint density at radius 3 is 2.88 bits per heavy atom. The Morgan fingerprint density at radius 1 is 1.46 bits per heavy atom. The van der Waals surface area contributed by atoms with Crippen molar-refractivity contribution in [1.29, 1.82) is 0 Å². The van der Waals surface area contributed by atoms with Gasteiger partial charge in [0.1, 0.15) is 5.52 Å². The molecule has 0 aliphatic heterocycles. The van der Waals surface area contributed by atoms with E-state index >= 15 is 0 Å². The third-order valence-corrected chi connectivity index (χ3v) is 4.33. The minimum Gasteiger partial charge on any atom is -0.423 e. The van der Waals surface area contributed by atoms with Gasteiger partial charge >= 0.3 is 0 Å². The number of terminal acetylenes is 1. The third kappa shape index (κ3) is 3.64. The lowest BCUT2D eigenvalue weighted by Crippen LogP contribution is -2.42. The molecule has 1 aliphatic rings. The highest BCUT2D eigenvalue weighted by Crippen LogP contribution is 2.37. The Labute approximate surface area is 152 Å². The number of nitrogens with zero attached hydrogens (tertiary/aromatic N) is 2. The van der Waals surface area contributed by atoms with Crippen molar-refractivity contribution in [2.75, 3.05) is 25.5 Å². The zero-order chi connectivity index (χ0) is 18.8. The first-order chi connectivity index (χ1) is 12.4. The van der Waals surface area contributed by atoms with E-state index in [2.05, 4.69) is 21.5 Å². The van der Waals surface area contributed by atoms with Crippen molar-refractivity contribution in [3.05, 3.63) is 23.8 Å². The Hall–Kier alpha value is -3.01. The average molecular weight is 354 g/mol. The van der Waals surface area contributed by atoms with Gasteiger partial charge in [-0.1, -0.05) is 6.07 Å². The van der Waals surface area contributed by atoms with E-state index < -0.39 is 0 Å². The van der Waals surface area contributed by atoms with Gasteiger partial charge < -0.3 is 20.0 Å². The predicted octanol–water partition coefficient (Wildman–Crippen LogP) is 1.40. The maximum atomic E-state index is 12.5. The monoisotopic (exact) mass is 354 g/mol. The molecule has 1 fully saturated rings. The van der Waals surface area contributed by atoms with Crippen molar-refractivity contribution in [3.63, 3.8) is 0 Å². The van der Waals surface area contributed by atoms with E-state index in [9.17, 15) is 9.59 Å². The van der Waals surface area contributed by atoms with Gasteiger partial charge in [0.15, 0.2) is 5.58 Å². The molecule has 26 heavy (non-hydrogen) atoms. The van der Waals surface area contributed by atoms with Crippen LogP contribution < -0.4 is 15.5 Å². The standard InChI is InChI=1S/C19H22N4O3/c1-5-12-9-14(12)18(25)21-11(2)10-20-17(24)13-7-6-8-15-16(13)22-19(26-15)23(3)4/h1,6-8,11-12,14H,9-10H2,2-4H3,(H,20,24)(H,21,25)/t11?,12-,14+/m0/s1. The normalized spacial score (nSPS) is 19.5. The quantitative estimate of drug-likeness (QED) is 0.766. The van der Waals surface area contributed by atoms with Crippen molar-refractivity contribution in [2.45, 2.75) is 19.4 Å². The number of amides is 2. The zero-order valence-corrected chi connectivity index (χ0v) is 15.1. The van der Waals surface area contributed by atoms with Crippen molar-refractivity contribution >= 4 is 28.9 Å². The van der Waals surface area contributed by atoms with Gasteiger partial charge in [0.25, 0.3) is 11.9 Å². The first-order valence-electron chi connectivity index (χ1n) is 8.52. The lowest BCUT2D eigenvalue weighted by molar-refractivity contribution is -0.123. The molecular weight excluding hydrogens is 332 g/mol. The topological polar surface area (TPSA) is 87.5 Å². The van der Waals surface area contributed by atoms with Gasteiger partial charge in [-0.15, -0.1) is 12.3 Å². The van der Waals surface area contributed by atoms with Gasteiger partial charge in [0, 0.05) is 32.6 Å². The molecule has 1 aromatic carbocycles. The molecule has 136 valence electrons. The van der Waals surface area contributed by atoms with E-state index in [-0.39, 0.29) is 29.7 Å². The molecule has 7 nitrogen and oxygen atoms in total. The summed E-state index contributed by atoms with van der Waals surface area (Å²) in [6.45, 7) is 2.15. The maximum Gasteiger partial charge on any atom is 0.297 e. The molecule has 2 amide bonds. The number of aromatic nitrogens is 1. The highest BCUT2D eigenvalue weighted by molar-refractivity contribution is 6.04. The summed E-state index contributed by atoms with van der Waals surface area (Å²) in [7, 11) is 3.64. The summed E-state index contributed by atoms with van der Waals surface area (Å²) >= 11 is 0. The molecule has 0 bridgehead atoms. The van der Waals surface area contributed by atoms with Crippen LogP contribution in [0.5, 0.6) is 0 Å². The smallest absolute Gasteiger partial charge is 0.297 e. The number of fused-ring (bicyclic) bond motifs is 1. The molecule has 3 rings (SSSR count). The van der Waals surface area contributed by atoms with Crippen LogP contribution in [0.1, 0.15) is 23.7 Å². The molecule has 0 saturated heterocycles.